The molecule has 1 atom stereocenters. The predicted molar refractivity (Wildman–Crippen MR) is 135 cm³/mol. The lowest BCUT2D eigenvalue weighted by molar-refractivity contribution is -0.155. The van der Waals surface area contributed by atoms with E-state index in [0.29, 0.717) is 25.4 Å². The molecule has 1 aliphatic heterocycles. The number of ether oxygens (including phenoxy) is 2. The van der Waals surface area contributed by atoms with Crippen molar-refractivity contribution in [3.8, 4) is 0 Å². The fraction of sp³-hybridized carbons (Fsp3) is 0.231. The van der Waals surface area contributed by atoms with E-state index in [9.17, 15) is 19.2 Å². The molecule has 1 N–H and O–H groups in total. The molecule has 4 rings (SSSR count). The lowest BCUT2D eigenvalue weighted by Gasteiger charge is -2.32. The van der Waals surface area contributed by atoms with Crippen LogP contribution in [0.25, 0.3) is 0 Å². The summed E-state index contributed by atoms with van der Waals surface area (Å²) >= 11 is 7.56. The van der Waals surface area contributed by atoms with E-state index in [1.807, 2.05) is 17.5 Å². The Kier molecular flexibility index (Phi) is 8.48. The van der Waals surface area contributed by atoms with Crippen molar-refractivity contribution in [1.82, 2.24) is 4.90 Å². The van der Waals surface area contributed by atoms with Crippen molar-refractivity contribution in [1.29, 1.82) is 0 Å². The topological polar surface area (TPSA) is 102 Å². The Morgan fingerprint density at radius 1 is 1.08 bits per heavy atom. The van der Waals surface area contributed by atoms with E-state index in [1.165, 1.54) is 24.3 Å². The maximum atomic E-state index is 12.7. The molecular formula is C26H23ClN2O6S. The Morgan fingerprint density at radius 2 is 1.86 bits per heavy atom. The number of carbonyl (C=O) groups excluding carboxylic acids is 4. The zero-order chi connectivity index (χ0) is 25.5. The quantitative estimate of drug-likeness (QED) is 0.331. The highest BCUT2D eigenvalue weighted by atomic mass is 35.5. The molecule has 0 aliphatic carbocycles. The smallest absolute Gasteiger partial charge is 0.338 e. The average Bonchev–Trinajstić information content (AvgIpc) is 3.39. The van der Waals surface area contributed by atoms with Crippen molar-refractivity contribution in [3.05, 3.63) is 87.1 Å². The maximum absolute atomic E-state index is 12.7. The molecule has 36 heavy (non-hydrogen) atoms. The van der Waals surface area contributed by atoms with Gasteiger partial charge in [-0.05, 0) is 47.8 Å². The molecule has 8 nitrogen and oxygen atoms in total. The van der Waals surface area contributed by atoms with Crippen LogP contribution in [0, 0.1) is 0 Å². The number of nitrogens with one attached hydrogen (secondary N) is 1. The largest absolute Gasteiger partial charge is 0.454 e. The minimum Gasteiger partial charge on any atom is -0.454 e. The van der Waals surface area contributed by atoms with Gasteiger partial charge in [0.15, 0.2) is 6.61 Å². The number of esters is 1. The Labute approximate surface area is 216 Å². The first-order valence-corrected chi connectivity index (χ1v) is 12.4. The van der Waals surface area contributed by atoms with Crippen molar-refractivity contribution >= 4 is 52.2 Å². The third-order valence-corrected chi connectivity index (χ3v) is 6.67. The summed E-state index contributed by atoms with van der Waals surface area (Å²) in [4.78, 5) is 52.5. The molecule has 1 saturated heterocycles. The number of benzene rings is 2. The van der Waals surface area contributed by atoms with Crippen LogP contribution >= 0.6 is 22.9 Å². The molecule has 1 unspecified atom stereocenters. The molecule has 1 aromatic heterocycles. The molecule has 10 heteroatoms. The SMILES string of the molecule is O=C(CC1OCCN(Cc2cccs2)C1=O)Nc1ccc(C(=O)OCC(=O)c2ccccc2Cl)cc1. The van der Waals surface area contributed by atoms with Crippen LogP contribution in [0.1, 0.15) is 32.0 Å². The summed E-state index contributed by atoms with van der Waals surface area (Å²) < 4.78 is 10.6. The van der Waals surface area contributed by atoms with Gasteiger partial charge in [-0.2, -0.15) is 0 Å². The normalized spacial score (nSPS) is 15.4. The summed E-state index contributed by atoms with van der Waals surface area (Å²) in [6, 6.07) is 16.4. The number of halogens is 1. The first-order chi connectivity index (χ1) is 17.4. The van der Waals surface area contributed by atoms with Gasteiger partial charge in [-0.1, -0.05) is 29.8 Å². The van der Waals surface area contributed by atoms with E-state index in [2.05, 4.69) is 5.32 Å². The fourth-order valence-electron chi connectivity index (χ4n) is 3.63. The number of hydrogen-bond donors (Lipinski definition) is 1. The number of amides is 2. The van der Waals surface area contributed by atoms with Gasteiger partial charge < -0.3 is 19.7 Å². The van der Waals surface area contributed by atoms with Gasteiger partial charge >= 0.3 is 5.97 Å². The molecule has 0 radical (unpaired) electrons. The predicted octanol–water partition coefficient (Wildman–Crippen LogP) is 4.20. The van der Waals surface area contributed by atoms with E-state index >= 15 is 0 Å². The van der Waals surface area contributed by atoms with Gasteiger partial charge in [0.05, 0.1) is 30.2 Å². The molecule has 1 fully saturated rings. The van der Waals surface area contributed by atoms with Crippen LogP contribution in [-0.2, 0) is 25.6 Å². The summed E-state index contributed by atoms with van der Waals surface area (Å²) in [5, 5.41) is 4.95. The summed E-state index contributed by atoms with van der Waals surface area (Å²) in [7, 11) is 0. The third kappa shape index (κ3) is 6.57. The number of anilines is 1. The number of rotatable bonds is 9. The van der Waals surface area contributed by atoms with Crippen LogP contribution in [0.2, 0.25) is 5.02 Å². The molecule has 0 spiro atoms. The van der Waals surface area contributed by atoms with Crippen LogP contribution in [0.4, 0.5) is 5.69 Å². The first kappa shape index (κ1) is 25.6. The van der Waals surface area contributed by atoms with Crippen molar-refractivity contribution in [2.24, 2.45) is 0 Å². The summed E-state index contributed by atoms with van der Waals surface area (Å²) in [6.45, 7) is 0.904. The molecule has 1 aliphatic rings. The maximum Gasteiger partial charge on any atom is 0.338 e. The van der Waals surface area contributed by atoms with Crippen molar-refractivity contribution in [2.75, 3.05) is 25.1 Å². The molecule has 186 valence electrons. The second-order valence-corrected chi connectivity index (χ2v) is 9.45. The number of thiophene rings is 1. The fourth-order valence-corrected chi connectivity index (χ4v) is 4.59. The second kappa shape index (κ2) is 11.9. The first-order valence-electron chi connectivity index (χ1n) is 11.2. The summed E-state index contributed by atoms with van der Waals surface area (Å²) in [5.74, 6) is -1.69. The van der Waals surface area contributed by atoms with E-state index in [4.69, 9.17) is 21.1 Å². The lowest BCUT2D eigenvalue weighted by atomic mass is 10.1. The van der Waals surface area contributed by atoms with Gasteiger partial charge in [-0.15, -0.1) is 11.3 Å². The number of Topliss-reactive ketones (excluding diaryl/α,β-unsaturated/α-hetero) is 1. The Hall–Kier alpha value is -3.53. The zero-order valence-corrected chi connectivity index (χ0v) is 20.7. The van der Waals surface area contributed by atoms with Crippen LogP contribution in [0.5, 0.6) is 0 Å². The Bertz CT molecular complexity index is 1250. The van der Waals surface area contributed by atoms with Gasteiger partial charge in [0, 0.05) is 22.7 Å². The Morgan fingerprint density at radius 3 is 2.58 bits per heavy atom. The number of hydrogen-bond acceptors (Lipinski definition) is 7. The van der Waals surface area contributed by atoms with E-state index in [1.54, 1.807) is 40.5 Å². The van der Waals surface area contributed by atoms with Gasteiger partial charge in [0.1, 0.15) is 6.10 Å². The zero-order valence-electron chi connectivity index (χ0n) is 19.1. The van der Waals surface area contributed by atoms with E-state index in [-0.39, 0.29) is 34.4 Å². The van der Waals surface area contributed by atoms with E-state index in [0.717, 1.165) is 4.88 Å². The van der Waals surface area contributed by atoms with Gasteiger partial charge in [-0.3, -0.25) is 14.4 Å². The van der Waals surface area contributed by atoms with Crippen molar-refractivity contribution in [2.45, 2.75) is 19.1 Å². The molecule has 0 bridgehead atoms. The van der Waals surface area contributed by atoms with Crippen molar-refractivity contribution in [3.63, 3.8) is 0 Å². The average molecular weight is 527 g/mol. The van der Waals surface area contributed by atoms with E-state index < -0.39 is 24.5 Å². The molecule has 2 amide bonds. The van der Waals surface area contributed by atoms with Gasteiger partial charge in [0.2, 0.25) is 11.7 Å². The second-order valence-electron chi connectivity index (χ2n) is 8.01. The van der Waals surface area contributed by atoms with Crippen LogP contribution in [0.15, 0.2) is 66.0 Å². The third-order valence-electron chi connectivity index (χ3n) is 5.48. The minimum absolute atomic E-state index is 0.117. The van der Waals surface area contributed by atoms with Crippen molar-refractivity contribution < 1.29 is 28.7 Å². The summed E-state index contributed by atoms with van der Waals surface area (Å²) in [5.41, 5.74) is 0.942. The van der Waals surface area contributed by atoms with Gasteiger partial charge in [-0.25, -0.2) is 4.79 Å². The highest BCUT2D eigenvalue weighted by molar-refractivity contribution is 7.09. The molecule has 2 heterocycles. The lowest BCUT2D eigenvalue weighted by Crippen LogP contribution is -2.48. The Balaban J connectivity index is 1.26. The molecule has 0 saturated carbocycles. The highest BCUT2D eigenvalue weighted by Gasteiger charge is 2.31. The molecule has 2 aromatic carbocycles. The monoisotopic (exact) mass is 526 g/mol. The standard InChI is InChI=1S/C26H23ClN2O6S/c27-21-6-2-1-5-20(21)22(30)16-35-26(33)17-7-9-18(10-8-17)28-24(31)14-23-25(32)29(11-12-34-23)15-19-4-3-13-36-19/h1-10,13,23H,11-12,14-16H2,(H,28,31). The van der Waals surface area contributed by atoms with Crippen LogP contribution in [0.3, 0.4) is 0 Å². The number of nitrogens with zero attached hydrogens (tertiary/aromatic N) is 1. The number of morpholine rings is 1. The molecular weight excluding hydrogens is 504 g/mol. The minimum atomic E-state index is -0.844. The number of ketones is 1. The highest BCUT2D eigenvalue weighted by Crippen LogP contribution is 2.19. The molecule has 3 aromatic rings. The summed E-state index contributed by atoms with van der Waals surface area (Å²) in [6.07, 6.45) is -0.961. The van der Waals surface area contributed by atoms with Crippen LogP contribution in [-0.4, -0.2) is 54.3 Å². The van der Waals surface area contributed by atoms with Gasteiger partial charge in [0.25, 0.3) is 5.91 Å². The van der Waals surface area contributed by atoms with Crippen LogP contribution < -0.4 is 5.32 Å². The number of carbonyl (C=O) groups is 4.